The quantitative estimate of drug-likeness (QED) is 0.136. The third-order valence-electron chi connectivity index (χ3n) is 13.2. The second-order valence-electron chi connectivity index (χ2n) is 18.3. The smallest absolute Gasteiger partial charge is 0.238 e. The number of fused-ring (bicyclic) bond motifs is 2. The zero-order valence-electron chi connectivity index (χ0n) is 30.1. The largest absolute Gasteiger partial charge is 0.411 e. The first kappa shape index (κ1) is 35.2. The summed E-state index contributed by atoms with van der Waals surface area (Å²) in [5, 5.41) is 3.02. The number of Topliss-reactive ketones (excluding diaryl/α,β-unsaturated/α-hetero) is 2. The van der Waals surface area contributed by atoms with Crippen LogP contribution in [-0.4, -0.2) is 64.6 Å². The lowest BCUT2D eigenvalue weighted by Gasteiger charge is -2.52. The van der Waals surface area contributed by atoms with Crippen LogP contribution in [0.2, 0.25) is 36.3 Å². The third-order valence-corrected chi connectivity index (χ3v) is 22.2. The minimum atomic E-state index is -2.40. The standard InChI is InChI=1S/C36H61NO6Si2/c1-21-13-16-24-23(19-21)15-14-22(2)27(24)30(39)28-29(38)25(20-37-33(28)40)36(43-45(11,12)35(6,7)8)18-17-26(31-32(36)41-31)42-44(9,10)34(3,4)5/h14-15,21-28,31-32H,13,16-20H2,1-12H3,(H,37,40)/t21-,22-,23-,24-,25?,26-,27-,28?,31-,32-,36+/m0/s1. The summed E-state index contributed by atoms with van der Waals surface area (Å²) < 4.78 is 20.7. The highest BCUT2D eigenvalue weighted by Gasteiger charge is 2.69. The van der Waals surface area contributed by atoms with Crippen molar-refractivity contribution in [2.75, 3.05) is 6.54 Å². The van der Waals surface area contributed by atoms with Gasteiger partial charge in [0.05, 0.1) is 17.6 Å². The molecule has 11 atom stereocenters. The number of ether oxygens (including phenoxy) is 1. The van der Waals surface area contributed by atoms with Crippen molar-refractivity contribution < 1.29 is 28.0 Å². The van der Waals surface area contributed by atoms with Gasteiger partial charge in [-0.15, -0.1) is 0 Å². The van der Waals surface area contributed by atoms with Gasteiger partial charge in [-0.3, -0.25) is 14.4 Å². The highest BCUT2D eigenvalue weighted by atomic mass is 28.4. The molecule has 254 valence electrons. The van der Waals surface area contributed by atoms with E-state index in [2.05, 4.69) is 99.0 Å². The number of carbonyl (C=O) groups excluding carboxylic acids is 3. The predicted octanol–water partition coefficient (Wildman–Crippen LogP) is 7.07. The molecule has 2 unspecified atom stereocenters. The Bertz CT molecular complexity index is 1220. The SMILES string of the molecule is C[C@H]1CC[C@@H]2[C@@H](C(=O)C3C(=O)NCC([C@]4(O[Si](C)(C)C(C)(C)C)CC[C@H](O[Si](C)(C)C(C)(C)C)[C@@H]5O[C@@H]54)C3=O)[C@@H](C)C=C[C@H]2C1. The summed E-state index contributed by atoms with van der Waals surface area (Å²) in [6.45, 7) is 26.9. The van der Waals surface area contributed by atoms with E-state index in [-0.39, 0.29) is 64.3 Å². The van der Waals surface area contributed by atoms with Crippen LogP contribution in [0.4, 0.5) is 0 Å². The van der Waals surface area contributed by atoms with Gasteiger partial charge in [0, 0.05) is 12.5 Å². The van der Waals surface area contributed by atoms with Crippen LogP contribution in [0.1, 0.15) is 87.5 Å². The first-order valence-electron chi connectivity index (χ1n) is 17.7. The van der Waals surface area contributed by atoms with Crippen LogP contribution in [0.5, 0.6) is 0 Å². The van der Waals surface area contributed by atoms with Gasteiger partial charge in [-0.05, 0) is 85.6 Å². The number of piperidine rings is 1. The Balaban J connectivity index is 1.46. The van der Waals surface area contributed by atoms with Crippen LogP contribution in [0.25, 0.3) is 0 Å². The minimum Gasteiger partial charge on any atom is -0.411 e. The summed E-state index contributed by atoms with van der Waals surface area (Å²) in [7, 11) is -4.45. The molecular formula is C36H61NO6Si2. The van der Waals surface area contributed by atoms with Gasteiger partial charge in [-0.2, -0.15) is 0 Å². The van der Waals surface area contributed by atoms with Gasteiger partial charge < -0.3 is 18.9 Å². The maximum Gasteiger partial charge on any atom is 0.238 e. The minimum absolute atomic E-state index is 0.00430. The van der Waals surface area contributed by atoms with Crippen LogP contribution in [0.3, 0.4) is 0 Å². The number of hydrogen-bond acceptors (Lipinski definition) is 6. The van der Waals surface area contributed by atoms with Gasteiger partial charge in [-0.25, -0.2) is 0 Å². The normalized spacial score (nSPS) is 40.8. The topological polar surface area (TPSA) is 94.2 Å². The Morgan fingerprint density at radius 3 is 2.22 bits per heavy atom. The second-order valence-corrected chi connectivity index (χ2v) is 27.8. The van der Waals surface area contributed by atoms with Crippen LogP contribution >= 0.6 is 0 Å². The molecule has 3 aliphatic carbocycles. The monoisotopic (exact) mass is 659 g/mol. The van der Waals surface area contributed by atoms with E-state index in [4.69, 9.17) is 13.6 Å². The fourth-order valence-electron chi connectivity index (χ4n) is 8.36. The van der Waals surface area contributed by atoms with Gasteiger partial charge in [-0.1, -0.05) is 74.0 Å². The van der Waals surface area contributed by atoms with Crippen molar-refractivity contribution in [2.45, 2.75) is 148 Å². The van der Waals surface area contributed by atoms with E-state index < -0.39 is 40.0 Å². The number of amides is 1. The molecular weight excluding hydrogens is 599 g/mol. The molecule has 0 aromatic carbocycles. The van der Waals surface area contributed by atoms with E-state index in [0.29, 0.717) is 18.3 Å². The molecule has 0 spiro atoms. The molecule has 0 bridgehead atoms. The Morgan fingerprint density at radius 1 is 0.956 bits per heavy atom. The Morgan fingerprint density at radius 2 is 1.60 bits per heavy atom. The number of rotatable bonds is 7. The van der Waals surface area contributed by atoms with Crippen molar-refractivity contribution in [1.82, 2.24) is 5.32 Å². The maximum atomic E-state index is 14.7. The van der Waals surface area contributed by atoms with Crippen molar-refractivity contribution in [3.05, 3.63) is 12.2 Å². The van der Waals surface area contributed by atoms with Gasteiger partial charge >= 0.3 is 0 Å². The Kier molecular flexibility index (Phi) is 9.21. The number of ketones is 2. The molecule has 4 fully saturated rings. The average molecular weight is 660 g/mol. The maximum absolute atomic E-state index is 14.7. The lowest BCUT2D eigenvalue weighted by Crippen LogP contribution is -2.67. The summed E-state index contributed by atoms with van der Waals surface area (Å²) in [4.78, 5) is 42.8. The number of allylic oxidation sites excluding steroid dienone is 2. The van der Waals surface area contributed by atoms with Gasteiger partial charge in [0.1, 0.15) is 12.2 Å². The van der Waals surface area contributed by atoms with Crippen LogP contribution < -0.4 is 5.32 Å². The van der Waals surface area contributed by atoms with Crippen molar-refractivity contribution >= 4 is 34.1 Å². The molecule has 9 heteroatoms. The van der Waals surface area contributed by atoms with E-state index in [0.717, 1.165) is 25.7 Å². The fraction of sp³-hybridized carbons (Fsp3) is 0.861. The molecule has 2 heterocycles. The van der Waals surface area contributed by atoms with E-state index in [1.54, 1.807) is 0 Å². The predicted molar refractivity (Wildman–Crippen MR) is 183 cm³/mol. The van der Waals surface area contributed by atoms with E-state index in [1.165, 1.54) is 0 Å². The average Bonchev–Trinajstić information content (AvgIpc) is 3.71. The van der Waals surface area contributed by atoms with Crippen LogP contribution in [0.15, 0.2) is 12.2 Å². The molecule has 1 N–H and O–H groups in total. The second kappa shape index (κ2) is 11.8. The number of epoxide rings is 1. The van der Waals surface area contributed by atoms with Gasteiger partial charge in [0.25, 0.3) is 0 Å². The molecule has 0 aromatic rings. The van der Waals surface area contributed by atoms with Crippen molar-refractivity contribution in [2.24, 2.45) is 41.4 Å². The lowest BCUT2D eigenvalue weighted by molar-refractivity contribution is -0.155. The summed E-state index contributed by atoms with van der Waals surface area (Å²) in [6, 6.07) is 0. The lowest BCUT2D eigenvalue weighted by atomic mass is 9.59. The third kappa shape index (κ3) is 6.27. The molecule has 1 amide bonds. The Hall–Kier alpha value is -1.14. The number of carbonyl (C=O) groups is 3. The molecule has 5 aliphatic rings. The fourth-order valence-corrected chi connectivity index (χ4v) is 11.3. The van der Waals surface area contributed by atoms with E-state index >= 15 is 0 Å². The summed E-state index contributed by atoms with van der Waals surface area (Å²) in [5.74, 6) is -1.98. The molecule has 2 saturated carbocycles. The molecule has 2 aliphatic heterocycles. The molecule has 2 saturated heterocycles. The highest BCUT2D eigenvalue weighted by Crippen LogP contribution is 2.56. The first-order valence-corrected chi connectivity index (χ1v) is 23.5. The molecule has 5 rings (SSSR count). The Labute approximate surface area is 274 Å². The zero-order chi connectivity index (χ0) is 33.5. The number of hydrogen-bond donors (Lipinski definition) is 1. The van der Waals surface area contributed by atoms with E-state index in [9.17, 15) is 14.4 Å². The molecule has 0 aromatic heterocycles. The van der Waals surface area contributed by atoms with E-state index in [1.807, 2.05) is 0 Å². The van der Waals surface area contributed by atoms with Crippen LogP contribution in [-0.2, 0) is 28.0 Å². The first-order chi connectivity index (χ1) is 20.6. The van der Waals surface area contributed by atoms with Crippen molar-refractivity contribution in [1.29, 1.82) is 0 Å². The van der Waals surface area contributed by atoms with Crippen molar-refractivity contribution in [3.8, 4) is 0 Å². The molecule has 0 radical (unpaired) electrons. The summed E-state index contributed by atoms with van der Waals surface area (Å²) >= 11 is 0. The summed E-state index contributed by atoms with van der Waals surface area (Å²) in [6.07, 6.45) is 8.40. The highest BCUT2D eigenvalue weighted by molar-refractivity contribution is 6.74. The zero-order valence-corrected chi connectivity index (χ0v) is 32.1. The number of nitrogens with one attached hydrogen (secondary N) is 1. The summed E-state index contributed by atoms with van der Waals surface area (Å²) in [5.41, 5.74) is -0.898. The van der Waals surface area contributed by atoms with Crippen LogP contribution in [0, 0.1) is 41.4 Å². The van der Waals surface area contributed by atoms with Gasteiger partial charge in [0.2, 0.25) is 5.91 Å². The molecule has 45 heavy (non-hydrogen) atoms. The van der Waals surface area contributed by atoms with Crippen molar-refractivity contribution in [3.63, 3.8) is 0 Å². The molecule has 7 nitrogen and oxygen atoms in total. The van der Waals surface area contributed by atoms with Gasteiger partial charge in [0.15, 0.2) is 34.1 Å².